The van der Waals surface area contributed by atoms with Crippen LogP contribution in [0.1, 0.15) is 11.1 Å². The number of anilines is 1. The molecular formula is C14H13F3N2. The van der Waals surface area contributed by atoms with Crippen molar-refractivity contribution in [2.24, 2.45) is 0 Å². The van der Waals surface area contributed by atoms with E-state index in [1.807, 2.05) is 18.2 Å². The molecule has 0 amide bonds. The summed E-state index contributed by atoms with van der Waals surface area (Å²) >= 11 is 0. The Labute approximate surface area is 109 Å². The summed E-state index contributed by atoms with van der Waals surface area (Å²) < 4.78 is 37.9. The van der Waals surface area contributed by atoms with E-state index in [0.717, 1.165) is 6.07 Å². The summed E-state index contributed by atoms with van der Waals surface area (Å²) in [6.07, 6.45) is 4.72. The van der Waals surface area contributed by atoms with Gasteiger partial charge >= 0.3 is 6.18 Å². The molecule has 2 rings (SSSR count). The number of aryl methyl sites for hydroxylation is 1. The van der Waals surface area contributed by atoms with Gasteiger partial charge in [0, 0.05) is 11.9 Å². The smallest absolute Gasteiger partial charge is 0.348 e. The number of nitrogens with one attached hydrogen (secondary N) is 2. The molecule has 1 aliphatic rings. The second-order valence-corrected chi connectivity index (χ2v) is 4.12. The van der Waals surface area contributed by atoms with Gasteiger partial charge in [0.15, 0.2) is 0 Å². The monoisotopic (exact) mass is 266 g/mol. The van der Waals surface area contributed by atoms with E-state index < -0.39 is 11.7 Å². The van der Waals surface area contributed by atoms with Gasteiger partial charge in [0.1, 0.15) is 5.82 Å². The Bertz CT molecular complexity index is 554. The maximum Gasteiger partial charge on any atom is 0.416 e. The molecule has 0 saturated carbocycles. The van der Waals surface area contributed by atoms with E-state index in [9.17, 15) is 13.2 Å². The first kappa shape index (κ1) is 13.3. The van der Waals surface area contributed by atoms with Gasteiger partial charge in [0.05, 0.1) is 5.56 Å². The molecule has 0 radical (unpaired) electrons. The van der Waals surface area contributed by atoms with Gasteiger partial charge in [-0.05, 0) is 42.8 Å². The number of hydrogen-bond acceptors (Lipinski definition) is 2. The number of allylic oxidation sites excluding steroid dienone is 4. The topological polar surface area (TPSA) is 24.1 Å². The minimum absolute atomic E-state index is 0.192. The number of rotatable bonds is 2. The molecule has 100 valence electrons. The van der Waals surface area contributed by atoms with Crippen molar-refractivity contribution in [2.45, 2.75) is 13.1 Å². The highest BCUT2D eigenvalue weighted by Gasteiger charge is 2.32. The fourth-order valence-electron chi connectivity index (χ4n) is 1.75. The third-order valence-corrected chi connectivity index (χ3v) is 2.63. The van der Waals surface area contributed by atoms with E-state index in [1.165, 1.54) is 19.1 Å². The highest BCUT2D eigenvalue weighted by Crippen LogP contribution is 2.32. The lowest BCUT2D eigenvalue weighted by molar-refractivity contribution is -0.138. The largest absolute Gasteiger partial charge is 0.416 e. The third-order valence-electron chi connectivity index (χ3n) is 2.63. The van der Waals surface area contributed by atoms with Gasteiger partial charge in [0.2, 0.25) is 0 Å². The number of halogens is 3. The molecule has 1 aliphatic heterocycles. The Morgan fingerprint density at radius 2 is 1.89 bits per heavy atom. The Morgan fingerprint density at radius 1 is 1.11 bits per heavy atom. The summed E-state index contributed by atoms with van der Waals surface area (Å²) in [5.41, 5.74) is 0.186. The van der Waals surface area contributed by atoms with Gasteiger partial charge in [-0.15, -0.1) is 0 Å². The zero-order chi connectivity index (χ0) is 13.9. The molecule has 0 fully saturated rings. The zero-order valence-corrected chi connectivity index (χ0v) is 10.3. The van der Waals surface area contributed by atoms with Crippen molar-refractivity contribution in [2.75, 3.05) is 5.32 Å². The van der Waals surface area contributed by atoms with Crippen LogP contribution in [-0.2, 0) is 6.18 Å². The first-order chi connectivity index (χ1) is 8.97. The van der Waals surface area contributed by atoms with Crippen LogP contribution in [0.25, 0.3) is 0 Å². The summed E-state index contributed by atoms with van der Waals surface area (Å²) in [6, 6.07) is 3.97. The number of hydrogen-bond donors (Lipinski definition) is 2. The first-order valence-corrected chi connectivity index (χ1v) is 5.72. The highest BCUT2D eigenvalue weighted by molar-refractivity contribution is 5.53. The lowest BCUT2D eigenvalue weighted by atomic mass is 10.1. The Kier molecular flexibility index (Phi) is 3.64. The van der Waals surface area contributed by atoms with Crippen molar-refractivity contribution in [3.8, 4) is 0 Å². The SMILES string of the molecule is Cc1cc(NC2=CC=CC=CN2)ccc1C(F)(F)F. The van der Waals surface area contributed by atoms with Crippen LogP contribution in [0.4, 0.5) is 18.9 Å². The lowest BCUT2D eigenvalue weighted by Crippen LogP contribution is -2.14. The fourth-order valence-corrected chi connectivity index (χ4v) is 1.75. The van der Waals surface area contributed by atoms with Gasteiger partial charge in [-0.25, -0.2) is 0 Å². The average molecular weight is 266 g/mol. The molecule has 0 unspecified atom stereocenters. The summed E-state index contributed by atoms with van der Waals surface area (Å²) in [5.74, 6) is 0.698. The van der Waals surface area contributed by atoms with Crippen LogP contribution in [0.3, 0.4) is 0 Å². The maximum atomic E-state index is 12.6. The van der Waals surface area contributed by atoms with Crippen LogP contribution >= 0.6 is 0 Å². The standard InChI is InChI=1S/C14H13F3N2/c1-10-9-11(6-7-12(10)14(15,16)17)19-13-5-3-2-4-8-18-13/h2-9,18-19H,1H3. The van der Waals surface area contributed by atoms with Crippen LogP contribution in [-0.4, -0.2) is 0 Å². The summed E-state index contributed by atoms with van der Waals surface area (Å²) in [4.78, 5) is 0. The van der Waals surface area contributed by atoms with Crippen LogP contribution in [0.2, 0.25) is 0 Å². The van der Waals surface area contributed by atoms with E-state index in [-0.39, 0.29) is 5.56 Å². The van der Waals surface area contributed by atoms with E-state index in [1.54, 1.807) is 12.3 Å². The Balaban J connectivity index is 2.19. The quantitative estimate of drug-likeness (QED) is 0.847. The van der Waals surface area contributed by atoms with Crippen molar-refractivity contribution in [3.05, 3.63) is 65.7 Å². The molecular weight excluding hydrogens is 253 g/mol. The van der Waals surface area contributed by atoms with E-state index in [2.05, 4.69) is 10.6 Å². The van der Waals surface area contributed by atoms with Gasteiger partial charge in [-0.2, -0.15) is 13.2 Å². The summed E-state index contributed by atoms with van der Waals surface area (Å²) in [5, 5.41) is 6.00. The minimum atomic E-state index is -4.31. The Morgan fingerprint density at radius 3 is 2.58 bits per heavy atom. The molecule has 0 saturated heterocycles. The van der Waals surface area contributed by atoms with E-state index in [4.69, 9.17) is 0 Å². The summed E-state index contributed by atoms with van der Waals surface area (Å²) in [6.45, 7) is 1.45. The molecule has 19 heavy (non-hydrogen) atoms. The van der Waals surface area contributed by atoms with Gasteiger partial charge < -0.3 is 10.6 Å². The fraction of sp³-hybridized carbons (Fsp3) is 0.143. The molecule has 1 aromatic carbocycles. The molecule has 0 aliphatic carbocycles. The van der Waals surface area contributed by atoms with Gasteiger partial charge in [-0.3, -0.25) is 0 Å². The van der Waals surface area contributed by atoms with Gasteiger partial charge in [-0.1, -0.05) is 12.2 Å². The summed E-state index contributed by atoms with van der Waals surface area (Å²) in [7, 11) is 0. The predicted molar refractivity (Wildman–Crippen MR) is 69.3 cm³/mol. The maximum absolute atomic E-state index is 12.6. The molecule has 0 aromatic heterocycles. The molecule has 0 atom stereocenters. The van der Waals surface area contributed by atoms with Crippen molar-refractivity contribution < 1.29 is 13.2 Å². The minimum Gasteiger partial charge on any atom is -0.348 e. The van der Waals surface area contributed by atoms with Crippen molar-refractivity contribution in [1.29, 1.82) is 0 Å². The molecule has 5 heteroatoms. The molecule has 0 spiro atoms. The number of alkyl halides is 3. The Hall–Kier alpha value is -2.17. The van der Waals surface area contributed by atoms with Crippen LogP contribution in [0.15, 0.2) is 54.5 Å². The van der Waals surface area contributed by atoms with Gasteiger partial charge in [0.25, 0.3) is 0 Å². The van der Waals surface area contributed by atoms with Crippen LogP contribution in [0, 0.1) is 6.92 Å². The lowest BCUT2D eigenvalue weighted by Gasteiger charge is -2.14. The van der Waals surface area contributed by atoms with Crippen molar-refractivity contribution >= 4 is 5.69 Å². The van der Waals surface area contributed by atoms with Crippen molar-refractivity contribution in [1.82, 2.24) is 5.32 Å². The van der Waals surface area contributed by atoms with Crippen LogP contribution in [0.5, 0.6) is 0 Å². The first-order valence-electron chi connectivity index (χ1n) is 5.72. The number of benzene rings is 1. The second-order valence-electron chi connectivity index (χ2n) is 4.12. The molecule has 0 bridgehead atoms. The van der Waals surface area contributed by atoms with E-state index >= 15 is 0 Å². The predicted octanol–water partition coefficient (Wildman–Crippen LogP) is 3.94. The van der Waals surface area contributed by atoms with Crippen LogP contribution < -0.4 is 10.6 Å². The molecule has 2 nitrogen and oxygen atoms in total. The molecule has 1 aromatic rings. The third kappa shape index (κ3) is 3.40. The molecule has 2 N–H and O–H groups in total. The van der Waals surface area contributed by atoms with Crippen molar-refractivity contribution in [3.63, 3.8) is 0 Å². The second kappa shape index (κ2) is 5.22. The average Bonchev–Trinajstić information content (AvgIpc) is 2.56. The zero-order valence-electron chi connectivity index (χ0n) is 10.3. The van der Waals surface area contributed by atoms with E-state index in [0.29, 0.717) is 11.5 Å². The molecule has 1 heterocycles. The highest BCUT2D eigenvalue weighted by atomic mass is 19.4. The normalized spacial score (nSPS) is 14.6.